The highest BCUT2D eigenvalue weighted by atomic mass is 32.1. The summed E-state index contributed by atoms with van der Waals surface area (Å²) in [5.74, 6) is -0.0854. The smallest absolute Gasteiger partial charge is 0.331 e. The van der Waals surface area contributed by atoms with Crippen LogP contribution in [0, 0.1) is 17.0 Å². The van der Waals surface area contributed by atoms with Gasteiger partial charge in [0.25, 0.3) is 5.91 Å². The molecule has 0 fully saturated rings. The van der Waals surface area contributed by atoms with Crippen LogP contribution in [0.5, 0.6) is 5.75 Å². The predicted molar refractivity (Wildman–Crippen MR) is 137 cm³/mol. The number of carbonyl (C=O) groups excluding carboxylic acids is 1. The molecule has 0 saturated carbocycles. The number of methoxy groups -OCH3 is 1. The number of benzene rings is 3. The Labute approximate surface area is 204 Å². The van der Waals surface area contributed by atoms with Crippen molar-refractivity contribution < 1.29 is 14.5 Å². The fourth-order valence-corrected chi connectivity index (χ4v) is 5.06. The van der Waals surface area contributed by atoms with Gasteiger partial charge in [0.2, 0.25) is 5.82 Å². The Kier molecular flexibility index (Phi) is 5.76. The molecule has 5 aromatic rings. The van der Waals surface area contributed by atoms with Gasteiger partial charge in [-0.15, -0.1) is 11.3 Å². The molecule has 0 saturated heterocycles. The summed E-state index contributed by atoms with van der Waals surface area (Å²) in [6, 6.07) is 21.8. The molecule has 35 heavy (non-hydrogen) atoms. The fourth-order valence-electron chi connectivity index (χ4n) is 4.04. The maximum atomic E-state index is 13.2. The molecule has 3 aromatic carbocycles. The molecular weight excluding hydrogens is 464 g/mol. The third-order valence-corrected chi connectivity index (χ3v) is 6.73. The van der Waals surface area contributed by atoms with E-state index in [1.807, 2.05) is 55.5 Å². The number of nitrogens with one attached hydrogen (secondary N) is 2. The number of rotatable bonds is 6. The molecule has 5 rings (SSSR count). The average Bonchev–Trinajstić information content (AvgIpc) is 3.45. The van der Waals surface area contributed by atoms with Crippen LogP contribution in [0.1, 0.15) is 15.9 Å². The minimum atomic E-state index is -0.475. The van der Waals surface area contributed by atoms with Crippen LogP contribution in [0.2, 0.25) is 0 Å². The number of anilines is 1. The lowest BCUT2D eigenvalue weighted by Crippen LogP contribution is -2.14. The summed E-state index contributed by atoms with van der Waals surface area (Å²) in [5, 5.41) is 15.6. The summed E-state index contributed by atoms with van der Waals surface area (Å²) in [6.45, 7) is 1.89. The van der Waals surface area contributed by atoms with E-state index in [1.54, 1.807) is 24.3 Å². The Morgan fingerprint density at radius 3 is 2.49 bits per heavy atom. The summed E-state index contributed by atoms with van der Waals surface area (Å²) in [4.78, 5) is 32.5. The first-order valence-electron chi connectivity index (χ1n) is 10.7. The van der Waals surface area contributed by atoms with Crippen molar-refractivity contribution in [1.29, 1.82) is 0 Å². The van der Waals surface area contributed by atoms with Gasteiger partial charge in [0.15, 0.2) is 0 Å². The quantitative estimate of drug-likeness (QED) is 0.213. The molecule has 174 valence electrons. The average molecular weight is 485 g/mol. The summed E-state index contributed by atoms with van der Waals surface area (Å²) < 4.78 is 6.26. The van der Waals surface area contributed by atoms with Gasteiger partial charge in [-0.2, -0.15) is 0 Å². The molecule has 0 unspecified atom stereocenters. The lowest BCUT2D eigenvalue weighted by molar-refractivity contribution is -0.388. The van der Waals surface area contributed by atoms with E-state index < -0.39 is 10.8 Å². The van der Waals surface area contributed by atoms with Crippen LogP contribution in [-0.4, -0.2) is 27.9 Å². The predicted octanol–water partition coefficient (Wildman–Crippen LogP) is 6.44. The molecular formula is C26H20N4O4S. The number of nitro groups is 1. The van der Waals surface area contributed by atoms with Crippen LogP contribution >= 0.6 is 11.3 Å². The number of ether oxygens (including phenoxy) is 1. The Morgan fingerprint density at radius 2 is 1.74 bits per heavy atom. The van der Waals surface area contributed by atoms with E-state index in [-0.39, 0.29) is 11.6 Å². The molecule has 2 heterocycles. The maximum Gasteiger partial charge on any atom is 0.331 e. The summed E-state index contributed by atoms with van der Waals surface area (Å²) in [5.41, 5.74) is 3.47. The molecule has 2 N–H and O–H groups in total. The van der Waals surface area contributed by atoms with Gasteiger partial charge in [0.05, 0.1) is 34.0 Å². The van der Waals surface area contributed by atoms with Crippen molar-refractivity contribution in [3.63, 3.8) is 0 Å². The lowest BCUT2D eigenvalue weighted by atomic mass is 9.98. The van der Waals surface area contributed by atoms with E-state index in [2.05, 4.69) is 10.3 Å². The number of hydrogen-bond acceptors (Lipinski definition) is 6. The zero-order chi connectivity index (χ0) is 24.5. The zero-order valence-electron chi connectivity index (χ0n) is 18.9. The molecule has 0 bridgehead atoms. The highest BCUT2D eigenvalue weighted by Gasteiger charge is 2.32. The Bertz CT molecular complexity index is 1550. The molecule has 0 radical (unpaired) electrons. The molecule has 0 aliphatic rings. The van der Waals surface area contributed by atoms with Crippen molar-refractivity contribution in [1.82, 2.24) is 9.97 Å². The second kappa shape index (κ2) is 9.03. The van der Waals surface area contributed by atoms with Gasteiger partial charge >= 0.3 is 5.82 Å². The number of amides is 1. The number of fused-ring (bicyclic) bond motifs is 1. The number of carbonyl (C=O) groups is 1. The van der Waals surface area contributed by atoms with Gasteiger partial charge in [-0.3, -0.25) is 10.1 Å². The molecule has 0 spiro atoms. The van der Waals surface area contributed by atoms with Crippen molar-refractivity contribution in [3.05, 3.63) is 94.0 Å². The van der Waals surface area contributed by atoms with E-state index in [0.29, 0.717) is 33.0 Å². The number of H-pyrrole nitrogens is 1. The van der Waals surface area contributed by atoms with E-state index in [9.17, 15) is 14.9 Å². The van der Waals surface area contributed by atoms with Crippen LogP contribution in [0.15, 0.2) is 72.8 Å². The van der Waals surface area contributed by atoms with Crippen molar-refractivity contribution in [2.75, 3.05) is 12.4 Å². The van der Waals surface area contributed by atoms with E-state index >= 15 is 0 Å². The largest absolute Gasteiger partial charge is 0.496 e. The second-order valence-corrected chi connectivity index (χ2v) is 8.84. The van der Waals surface area contributed by atoms with Crippen molar-refractivity contribution >= 4 is 39.1 Å². The molecule has 0 atom stereocenters. The minimum Gasteiger partial charge on any atom is -0.496 e. The Hall–Kier alpha value is -4.50. The van der Waals surface area contributed by atoms with Crippen molar-refractivity contribution in [2.24, 2.45) is 0 Å². The molecule has 9 heteroatoms. The van der Waals surface area contributed by atoms with Crippen LogP contribution in [0.3, 0.4) is 0 Å². The summed E-state index contributed by atoms with van der Waals surface area (Å²) in [7, 11) is 1.48. The van der Waals surface area contributed by atoms with Crippen LogP contribution in [-0.2, 0) is 0 Å². The van der Waals surface area contributed by atoms with Crippen LogP contribution < -0.4 is 10.1 Å². The fraction of sp³-hybridized carbons (Fsp3) is 0.0769. The molecule has 0 aliphatic heterocycles. The number of aryl methyl sites for hydroxylation is 1. The minimum absolute atomic E-state index is 0.199. The number of aromatic amines is 1. The van der Waals surface area contributed by atoms with Gasteiger partial charge in [-0.05, 0) is 47.2 Å². The maximum absolute atomic E-state index is 13.2. The monoisotopic (exact) mass is 484 g/mol. The summed E-state index contributed by atoms with van der Waals surface area (Å²) >= 11 is 1.41. The number of hydrogen-bond donors (Lipinski definition) is 2. The zero-order valence-corrected chi connectivity index (χ0v) is 19.7. The van der Waals surface area contributed by atoms with Gasteiger partial charge in [0.1, 0.15) is 10.8 Å². The van der Waals surface area contributed by atoms with Gasteiger partial charge in [-0.1, -0.05) is 48.5 Å². The van der Waals surface area contributed by atoms with Gasteiger partial charge in [0, 0.05) is 0 Å². The van der Waals surface area contributed by atoms with E-state index in [4.69, 9.17) is 9.72 Å². The first kappa shape index (κ1) is 22.3. The highest BCUT2D eigenvalue weighted by molar-refractivity contribution is 7.21. The number of aromatic nitrogens is 2. The Balaban J connectivity index is 1.75. The molecule has 0 aliphatic carbocycles. The standard InChI is InChI=1S/C26H20N4O4S/c1-15-9-3-4-10-16(15)21-22(26-27-18-12-6-8-14-20(18)35-26)23(28-24(21)30(32)33)29-25(31)17-11-5-7-13-19(17)34-2/h3-14,28H,1-2H3,(H,29,31). The number of thiazole rings is 1. The Morgan fingerprint density at radius 1 is 1.03 bits per heavy atom. The highest BCUT2D eigenvalue weighted by Crippen LogP contribution is 2.47. The second-order valence-electron chi connectivity index (χ2n) is 7.81. The summed E-state index contributed by atoms with van der Waals surface area (Å²) in [6.07, 6.45) is 0. The van der Waals surface area contributed by atoms with Gasteiger partial charge in [-0.25, -0.2) is 9.97 Å². The topological polar surface area (TPSA) is 110 Å². The number of nitrogens with zero attached hydrogens (tertiary/aromatic N) is 2. The number of para-hydroxylation sites is 2. The lowest BCUT2D eigenvalue weighted by Gasteiger charge is -2.09. The molecule has 1 amide bonds. The van der Waals surface area contributed by atoms with Crippen LogP contribution in [0.25, 0.3) is 31.9 Å². The SMILES string of the molecule is COc1ccccc1C(=O)Nc1[nH]c([N+](=O)[O-])c(-c2ccccc2C)c1-c1nc2ccccc2s1. The van der Waals surface area contributed by atoms with Crippen molar-refractivity contribution in [3.8, 4) is 27.4 Å². The first-order valence-corrected chi connectivity index (χ1v) is 11.6. The first-order chi connectivity index (χ1) is 17.0. The van der Waals surface area contributed by atoms with E-state index in [0.717, 1.165) is 15.8 Å². The third-order valence-electron chi connectivity index (χ3n) is 5.68. The molecule has 8 nitrogen and oxygen atoms in total. The van der Waals surface area contributed by atoms with E-state index in [1.165, 1.54) is 18.4 Å². The molecule has 2 aromatic heterocycles. The van der Waals surface area contributed by atoms with Crippen molar-refractivity contribution in [2.45, 2.75) is 6.92 Å². The van der Waals surface area contributed by atoms with Gasteiger partial charge < -0.3 is 14.9 Å². The normalized spacial score (nSPS) is 10.9. The van der Waals surface area contributed by atoms with Crippen LogP contribution in [0.4, 0.5) is 11.6 Å². The third kappa shape index (κ3) is 4.02.